The normalized spacial score (nSPS) is 13.5. The van der Waals surface area contributed by atoms with E-state index in [2.05, 4.69) is 0 Å². The van der Waals surface area contributed by atoms with Gasteiger partial charge in [-0.1, -0.05) is 13.3 Å². The highest BCUT2D eigenvalue weighted by molar-refractivity contribution is 4.76. The number of alkyl halides is 5. The Bertz CT molecular complexity index is 132. The van der Waals surface area contributed by atoms with E-state index in [0.29, 0.717) is 0 Å². The van der Waals surface area contributed by atoms with E-state index < -0.39 is 31.4 Å². The predicted molar refractivity (Wildman–Crippen MR) is 35.4 cm³/mol. The lowest BCUT2D eigenvalue weighted by molar-refractivity contribution is -0.122. The SMILES string of the molecule is CCCC(F)(F)CC(F)(F)CF. The minimum absolute atomic E-state index is 0.107. The van der Waals surface area contributed by atoms with Crippen molar-refractivity contribution < 1.29 is 22.0 Å². The Hall–Kier alpha value is -0.350. The molecule has 0 aliphatic rings. The fraction of sp³-hybridized carbons (Fsp3) is 1.00. The molecule has 0 aliphatic carbocycles. The number of hydrogen-bond donors (Lipinski definition) is 0. The van der Waals surface area contributed by atoms with E-state index in [1.165, 1.54) is 6.92 Å². The summed E-state index contributed by atoms with van der Waals surface area (Å²) in [4.78, 5) is 0. The van der Waals surface area contributed by atoms with Crippen LogP contribution in [-0.4, -0.2) is 18.5 Å². The van der Waals surface area contributed by atoms with Gasteiger partial charge in [-0.3, -0.25) is 0 Å². The molecule has 0 spiro atoms. The molecule has 0 aromatic rings. The van der Waals surface area contributed by atoms with Crippen molar-refractivity contribution in [2.45, 2.75) is 38.0 Å². The minimum Gasteiger partial charge on any atom is -0.244 e. The Labute approximate surface area is 67.8 Å². The molecule has 0 heterocycles. The van der Waals surface area contributed by atoms with Crippen molar-refractivity contribution in [3.8, 4) is 0 Å². The molecule has 0 atom stereocenters. The first kappa shape index (κ1) is 11.6. The van der Waals surface area contributed by atoms with E-state index in [0.717, 1.165) is 0 Å². The lowest BCUT2D eigenvalue weighted by atomic mass is 10.1. The van der Waals surface area contributed by atoms with Crippen LogP contribution in [0.5, 0.6) is 0 Å². The lowest BCUT2D eigenvalue weighted by Gasteiger charge is -2.20. The molecule has 0 saturated carbocycles. The zero-order chi connectivity index (χ0) is 9.83. The van der Waals surface area contributed by atoms with Crippen LogP contribution in [0, 0.1) is 0 Å². The summed E-state index contributed by atoms with van der Waals surface area (Å²) < 4.78 is 60.6. The molecule has 0 amide bonds. The molecular weight excluding hydrogens is 179 g/mol. The highest BCUT2D eigenvalue weighted by atomic mass is 19.3. The predicted octanol–water partition coefficient (Wildman–Crippen LogP) is 3.42. The molecule has 0 aliphatic heterocycles. The highest BCUT2D eigenvalue weighted by Crippen LogP contribution is 2.33. The van der Waals surface area contributed by atoms with Gasteiger partial charge in [-0.15, -0.1) is 0 Å². The van der Waals surface area contributed by atoms with Gasteiger partial charge in [-0.2, -0.15) is 0 Å². The van der Waals surface area contributed by atoms with Gasteiger partial charge in [-0.25, -0.2) is 22.0 Å². The zero-order valence-corrected chi connectivity index (χ0v) is 6.72. The molecule has 0 fully saturated rings. The van der Waals surface area contributed by atoms with E-state index in [4.69, 9.17) is 0 Å². The molecular formula is C7H11F5. The first-order valence-electron chi connectivity index (χ1n) is 3.64. The van der Waals surface area contributed by atoms with Gasteiger partial charge >= 0.3 is 0 Å². The van der Waals surface area contributed by atoms with Crippen molar-refractivity contribution in [2.24, 2.45) is 0 Å². The summed E-state index contributed by atoms with van der Waals surface area (Å²) in [7, 11) is 0. The summed E-state index contributed by atoms with van der Waals surface area (Å²) in [6.07, 6.45) is -2.21. The van der Waals surface area contributed by atoms with Crippen LogP contribution in [0.1, 0.15) is 26.2 Å². The van der Waals surface area contributed by atoms with Crippen LogP contribution in [-0.2, 0) is 0 Å². The van der Waals surface area contributed by atoms with Crippen LogP contribution in [0.4, 0.5) is 22.0 Å². The van der Waals surface area contributed by atoms with Crippen LogP contribution < -0.4 is 0 Å². The first-order chi connectivity index (χ1) is 5.33. The minimum atomic E-state index is -3.89. The smallest absolute Gasteiger partial charge is 0.244 e. The van der Waals surface area contributed by atoms with Crippen LogP contribution in [0.2, 0.25) is 0 Å². The van der Waals surface area contributed by atoms with Crippen molar-refractivity contribution in [1.29, 1.82) is 0 Å². The molecule has 0 unspecified atom stereocenters. The second kappa shape index (κ2) is 4.05. The Kier molecular flexibility index (Phi) is 3.93. The second-order valence-corrected chi connectivity index (χ2v) is 2.77. The van der Waals surface area contributed by atoms with E-state index in [-0.39, 0.29) is 6.42 Å². The molecule has 12 heavy (non-hydrogen) atoms. The maximum Gasteiger partial charge on any atom is 0.281 e. The fourth-order valence-corrected chi connectivity index (χ4v) is 0.880. The van der Waals surface area contributed by atoms with Crippen molar-refractivity contribution in [1.82, 2.24) is 0 Å². The van der Waals surface area contributed by atoms with Gasteiger partial charge in [0.05, 0.1) is 6.42 Å². The van der Waals surface area contributed by atoms with Crippen LogP contribution >= 0.6 is 0 Å². The van der Waals surface area contributed by atoms with Gasteiger partial charge in [0, 0.05) is 6.42 Å². The average molecular weight is 190 g/mol. The standard InChI is InChI=1S/C7H11F5/c1-2-3-6(9,10)4-7(11,12)5-8/h2-5H2,1H3. The molecule has 5 heteroatoms. The van der Waals surface area contributed by atoms with Gasteiger partial charge in [-0.05, 0) is 0 Å². The molecule has 0 saturated heterocycles. The summed E-state index contributed by atoms with van der Waals surface area (Å²) in [5, 5.41) is 0. The van der Waals surface area contributed by atoms with Crippen molar-refractivity contribution in [3.63, 3.8) is 0 Å². The maximum atomic E-state index is 12.5. The van der Waals surface area contributed by atoms with Crippen molar-refractivity contribution >= 4 is 0 Å². The first-order valence-corrected chi connectivity index (χ1v) is 3.64. The third-order valence-electron chi connectivity index (χ3n) is 1.33. The molecule has 0 aromatic carbocycles. The van der Waals surface area contributed by atoms with Crippen molar-refractivity contribution in [2.75, 3.05) is 6.67 Å². The third kappa shape index (κ3) is 4.51. The molecule has 0 radical (unpaired) electrons. The molecule has 0 bridgehead atoms. The second-order valence-electron chi connectivity index (χ2n) is 2.77. The summed E-state index contributed by atoms with van der Waals surface area (Å²) in [6, 6.07) is 0. The monoisotopic (exact) mass is 190 g/mol. The van der Waals surface area contributed by atoms with Crippen molar-refractivity contribution in [3.05, 3.63) is 0 Å². The topological polar surface area (TPSA) is 0 Å². The lowest BCUT2D eigenvalue weighted by Crippen LogP contribution is -2.30. The Morgan fingerprint density at radius 3 is 1.83 bits per heavy atom. The average Bonchev–Trinajstić information content (AvgIpc) is 1.85. The molecule has 0 nitrogen and oxygen atoms in total. The number of halogens is 5. The van der Waals surface area contributed by atoms with E-state index in [1.54, 1.807) is 0 Å². The number of hydrogen-bond acceptors (Lipinski definition) is 0. The Morgan fingerprint density at radius 2 is 1.50 bits per heavy atom. The zero-order valence-electron chi connectivity index (χ0n) is 6.72. The van der Waals surface area contributed by atoms with Crippen LogP contribution in [0.15, 0.2) is 0 Å². The molecule has 0 rings (SSSR count). The Balaban J connectivity index is 4.04. The van der Waals surface area contributed by atoms with E-state index in [1.807, 2.05) is 0 Å². The third-order valence-corrected chi connectivity index (χ3v) is 1.33. The fourth-order valence-electron chi connectivity index (χ4n) is 0.880. The van der Waals surface area contributed by atoms with Gasteiger partial charge in [0.2, 0.25) is 0 Å². The van der Waals surface area contributed by atoms with Crippen LogP contribution in [0.25, 0.3) is 0 Å². The van der Waals surface area contributed by atoms with Gasteiger partial charge in [0.15, 0.2) is 6.67 Å². The van der Waals surface area contributed by atoms with Gasteiger partial charge in [0.1, 0.15) is 0 Å². The quantitative estimate of drug-likeness (QED) is 0.582. The largest absolute Gasteiger partial charge is 0.281 e. The van der Waals surface area contributed by atoms with Gasteiger partial charge < -0.3 is 0 Å². The van der Waals surface area contributed by atoms with E-state index >= 15 is 0 Å². The molecule has 0 N–H and O–H groups in total. The van der Waals surface area contributed by atoms with E-state index in [9.17, 15) is 22.0 Å². The maximum absolute atomic E-state index is 12.5. The van der Waals surface area contributed by atoms with Gasteiger partial charge in [0.25, 0.3) is 11.8 Å². The molecule has 74 valence electrons. The number of rotatable bonds is 5. The molecule has 0 aromatic heterocycles. The summed E-state index contributed by atoms with van der Waals surface area (Å²) in [5.41, 5.74) is 0. The Morgan fingerprint density at radius 1 is 1.00 bits per heavy atom. The summed E-state index contributed by atoms with van der Waals surface area (Å²) >= 11 is 0. The highest BCUT2D eigenvalue weighted by Gasteiger charge is 2.42. The van der Waals surface area contributed by atoms with Crippen LogP contribution in [0.3, 0.4) is 0 Å². The summed E-state index contributed by atoms with van der Waals surface area (Å²) in [6.45, 7) is -0.562. The summed E-state index contributed by atoms with van der Waals surface area (Å²) in [5.74, 6) is -7.34.